The number of amides is 1. The van der Waals surface area contributed by atoms with Gasteiger partial charge in [0, 0.05) is 13.1 Å². The van der Waals surface area contributed by atoms with Gasteiger partial charge >= 0.3 is 0 Å². The van der Waals surface area contributed by atoms with Crippen LogP contribution in [0.25, 0.3) is 0 Å². The Morgan fingerprint density at radius 1 is 1.60 bits per heavy atom. The van der Waals surface area contributed by atoms with E-state index in [1.54, 1.807) is 11.8 Å². The second kappa shape index (κ2) is 5.75. The lowest BCUT2D eigenvalue weighted by molar-refractivity contribution is -0.127. The molecule has 3 nitrogen and oxygen atoms in total. The number of thioether (sulfide) groups is 1. The predicted octanol–water partition coefficient (Wildman–Crippen LogP) is 1.33. The lowest BCUT2D eigenvalue weighted by Gasteiger charge is -2.22. The first-order chi connectivity index (χ1) is 7.11. The van der Waals surface area contributed by atoms with E-state index in [2.05, 4.69) is 13.8 Å². The molecule has 1 rings (SSSR count). The SMILES string of the molecule is CCCSCC(=O)N1CCC(C)(CN)C1. The van der Waals surface area contributed by atoms with Crippen molar-refractivity contribution in [3.63, 3.8) is 0 Å². The minimum atomic E-state index is 0.158. The smallest absolute Gasteiger partial charge is 0.232 e. The summed E-state index contributed by atoms with van der Waals surface area (Å²) in [5.41, 5.74) is 5.87. The van der Waals surface area contributed by atoms with Crippen LogP contribution in [0.5, 0.6) is 0 Å². The molecular formula is C11H22N2OS. The molecule has 0 aromatic heterocycles. The van der Waals surface area contributed by atoms with E-state index in [9.17, 15) is 4.79 Å². The number of nitrogens with zero attached hydrogens (tertiary/aromatic N) is 1. The van der Waals surface area contributed by atoms with E-state index in [-0.39, 0.29) is 11.3 Å². The molecule has 1 unspecified atom stereocenters. The molecule has 15 heavy (non-hydrogen) atoms. The van der Waals surface area contributed by atoms with Crippen molar-refractivity contribution >= 4 is 17.7 Å². The fourth-order valence-corrected chi connectivity index (χ4v) is 2.59. The summed E-state index contributed by atoms with van der Waals surface area (Å²) >= 11 is 1.73. The Labute approximate surface area is 96.8 Å². The van der Waals surface area contributed by atoms with Crippen molar-refractivity contribution in [1.29, 1.82) is 0 Å². The van der Waals surface area contributed by atoms with Gasteiger partial charge in [-0.25, -0.2) is 0 Å². The summed E-state index contributed by atoms with van der Waals surface area (Å²) in [7, 11) is 0. The summed E-state index contributed by atoms with van der Waals surface area (Å²) in [6, 6.07) is 0. The minimum Gasteiger partial charge on any atom is -0.341 e. The largest absolute Gasteiger partial charge is 0.341 e. The van der Waals surface area contributed by atoms with Crippen molar-refractivity contribution in [2.45, 2.75) is 26.7 Å². The van der Waals surface area contributed by atoms with Gasteiger partial charge in [-0.05, 0) is 30.6 Å². The van der Waals surface area contributed by atoms with Crippen LogP contribution in [0.2, 0.25) is 0 Å². The van der Waals surface area contributed by atoms with E-state index in [0.29, 0.717) is 12.3 Å². The average molecular weight is 230 g/mol. The Kier molecular flexibility index (Phi) is 4.93. The van der Waals surface area contributed by atoms with E-state index in [1.807, 2.05) is 4.90 Å². The van der Waals surface area contributed by atoms with Crippen LogP contribution in [-0.4, -0.2) is 41.9 Å². The van der Waals surface area contributed by atoms with E-state index in [1.165, 1.54) is 0 Å². The Bertz CT molecular complexity index is 223. The van der Waals surface area contributed by atoms with E-state index in [4.69, 9.17) is 5.73 Å². The number of rotatable bonds is 5. The molecule has 1 heterocycles. The first kappa shape index (κ1) is 12.8. The van der Waals surface area contributed by atoms with Gasteiger partial charge in [0.1, 0.15) is 0 Å². The topological polar surface area (TPSA) is 46.3 Å². The number of likely N-dealkylation sites (tertiary alicyclic amines) is 1. The standard InChI is InChI=1S/C11H22N2OS/c1-3-6-15-7-10(14)13-5-4-11(2,8-12)9-13/h3-9,12H2,1-2H3. The minimum absolute atomic E-state index is 0.158. The summed E-state index contributed by atoms with van der Waals surface area (Å²) in [6.07, 6.45) is 2.19. The van der Waals surface area contributed by atoms with Crippen molar-refractivity contribution < 1.29 is 4.79 Å². The van der Waals surface area contributed by atoms with Crippen molar-refractivity contribution in [3.05, 3.63) is 0 Å². The average Bonchev–Trinajstić information content (AvgIpc) is 2.62. The zero-order chi connectivity index (χ0) is 11.3. The first-order valence-electron chi connectivity index (χ1n) is 5.67. The molecule has 0 radical (unpaired) electrons. The van der Waals surface area contributed by atoms with Gasteiger partial charge in [0.2, 0.25) is 5.91 Å². The number of hydrogen-bond donors (Lipinski definition) is 1. The fourth-order valence-electron chi connectivity index (χ4n) is 1.80. The zero-order valence-electron chi connectivity index (χ0n) is 9.79. The highest BCUT2D eigenvalue weighted by Gasteiger charge is 2.34. The molecule has 0 aromatic rings. The number of carbonyl (C=O) groups is 1. The van der Waals surface area contributed by atoms with Crippen molar-refractivity contribution in [1.82, 2.24) is 4.90 Å². The lowest BCUT2D eigenvalue weighted by Crippen LogP contribution is -2.35. The molecule has 0 aromatic carbocycles. The molecule has 1 saturated heterocycles. The molecule has 1 amide bonds. The third-order valence-electron chi connectivity index (χ3n) is 2.98. The molecule has 0 aliphatic carbocycles. The maximum absolute atomic E-state index is 11.8. The number of nitrogens with two attached hydrogens (primary N) is 1. The Morgan fingerprint density at radius 2 is 2.33 bits per heavy atom. The molecule has 1 fully saturated rings. The second-order valence-electron chi connectivity index (χ2n) is 4.63. The summed E-state index contributed by atoms with van der Waals surface area (Å²) in [5.74, 6) is 1.99. The van der Waals surface area contributed by atoms with Crippen LogP contribution < -0.4 is 5.73 Å². The monoisotopic (exact) mass is 230 g/mol. The van der Waals surface area contributed by atoms with E-state index in [0.717, 1.165) is 31.7 Å². The summed E-state index contributed by atoms with van der Waals surface area (Å²) < 4.78 is 0. The molecule has 0 bridgehead atoms. The summed E-state index contributed by atoms with van der Waals surface area (Å²) in [6.45, 7) is 6.71. The van der Waals surface area contributed by atoms with E-state index >= 15 is 0 Å². The van der Waals surface area contributed by atoms with Gasteiger partial charge in [0.25, 0.3) is 0 Å². The molecule has 4 heteroatoms. The highest BCUT2D eigenvalue weighted by molar-refractivity contribution is 7.99. The second-order valence-corrected chi connectivity index (χ2v) is 5.74. The van der Waals surface area contributed by atoms with Gasteiger partial charge in [-0.2, -0.15) is 11.8 Å². The summed E-state index contributed by atoms with van der Waals surface area (Å²) in [4.78, 5) is 13.8. The Hall–Kier alpha value is -0.220. The molecule has 0 saturated carbocycles. The molecule has 1 aliphatic heterocycles. The van der Waals surface area contributed by atoms with Crippen LogP contribution in [0.1, 0.15) is 26.7 Å². The van der Waals surface area contributed by atoms with Gasteiger partial charge in [0.15, 0.2) is 0 Å². The molecular weight excluding hydrogens is 208 g/mol. The van der Waals surface area contributed by atoms with Crippen molar-refractivity contribution in [2.24, 2.45) is 11.1 Å². The highest BCUT2D eigenvalue weighted by Crippen LogP contribution is 2.28. The maximum Gasteiger partial charge on any atom is 0.232 e. The molecule has 0 spiro atoms. The lowest BCUT2D eigenvalue weighted by atomic mass is 9.90. The van der Waals surface area contributed by atoms with Gasteiger partial charge < -0.3 is 10.6 Å². The predicted molar refractivity (Wildman–Crippen MR) is 66.0 cm³/mol. The number of hydrogen-bond acceptors (Lipinski definition) is 3. The molecule has 88 valence electrons. The normalized spacial score (nSPS) is 25.9. The van der Waals surface area contributed by atoms with Gasteiger partial charge in [-0.15, -0.1) is 0 Å². The van der Waals surface area contributed by atoms with Gasteiger partial charge in [-0.1, -0.05) is 13.8 Å². The van der Waals surface area contributed by atoms with Crippen LogP contribution in [0.15, 0.2) is 0 Å². The first-order valence-corrected chi connectivity index (χ1v) is 6.82. The van der Waals surface area contributed by atoms with Gasteiger partial charge in [0.05, 0.1) is 5.75 Å². The molecule has 1 atom stereocenters. The third kappa shape index (κ3) is 3.68. The highest BCUT2D eigenvalue weighted by atomic mass is 32.2. The third-order valence-corrected chi connectivity index (χ3v) is 4.13. The Balaban J connectivity index is 2.30. The fraction of sp³-hybridized carbons (Fsp3) is 0.909. The van der Waals surface area contributed by atoms with E-state index < -0.39 is 0 Å². The summed E-state index contributed by atoms with van der Waals surface area (Å²) in [5, 5.41) is 0. The van der Waals surface area contributed by atoms with Crippen molar-refractivity contribution in [2.75, 3.05) is 31.1 Å². The van der Waals surface area contributed by atoms with Crippen LogP contribution >= 0.6 is 11.8 Å². The van der Waals surface area contributed by atoms with Crippen LogP contribution in [0, 0.1) is 5.41 Å². The maximum atomic E-state index is 11.8. The number of carbonyl (C=O) groups excluding carboxylic acids is 1. The van der Waals surface area contributed by atoms with Crippen LogP contribution in [0.3, 0.4) is 0 Å². The van der Waals surface area contributed by atoms with Crippen LogP contribution in [0.4, 0.5) is 0 Å². The van der Waals surface area contributed by atoms with Crippen molar-refractivity contribution in [3.8, 4) is 0 Å². The zero-order valence-corrected chi connectivity index (χ0v) is 10.6. The Morgan fingerprint density at radius 3 is 2.87 bits per heavy atom. The molecule has 1 aliphatic rings. The van der Waals surface area contributed by atoms with Gasteiger partial charge in [-0.3, -0.25) is 4.79 Å². The molecule has 2 N–H and O–H groups in total. The quantitative estimate of drug-likeness (QED) is 0.725. The van der Waals surface area contributed by atoms with Crippen LogP contribution in [-0.2, 0) is 4.79 Å².